The van der Waals surface area contributed by atoms with Gasteiger partial charge in [-0.25, -0.2) is 4.79 Å². The van der Waals surface area contributed by atoms with Crippen LogP contribution in [0, 0.1) is 0 Å². The lowest BCUT2D eigenvalue weighted by atomic mass is 10.1. The van der Waals surface area contributed by atoms with Crippen molar-refractivity contribution in [1.82, 2.24) is 14.8 Å². The monoisotopic (exact) mass is 286 g/mol. The van der Waals surface area contributed by atoms with Crippen LogP contribution >= 0.6 is 0 Å². The van der Waals surface area contributed by atoms with E-state index in [0.717, 1.165) is 10.9 Å². The highest BCUT2D eigenvalue weighted by Crippen LogP contribution is 2.27. The van der Waals surface area contributed by atoms with Gasteiger partial charge in [-0.05, 0) is 0 Å². The topological polar surface area (TPSA) is 147 Å². The van der Waals surface area contributed by atoms with Gasteiger partial charge in [0.2, 0.25) is 5.91 Å². The quantitative estimate of drug-likeness (QED) is 0.466. The van der Waals surface area contributed by atoms with Crippen molar-refractivity contribution in [3.05, 3.63) is 16.7 Å². The van der Waals surface area contributed by atoms with Crippen molar-refractivity contribution in [3.63, 3.8) is 0 Å². The number of hydrogen-bond donors (Lipinski definition) is 4. The lowest BCUT2D eigenvalue weighted by Gasteiger charge is -2.15. The summed E-state index contributed by atoms with van der Waals surface area (Å²) in [7, 11) is 0. The van der Waals surface area contributed by atoms with Crippen LogP contribution in [0.15, 0.2) is 11.0 Å². The number of ether oxygens (including phenoxy) is 1. The molecular formula is C10H14N4O6. The maximum absolute atomic E-state index is 11.8. The van der Waals surface area contributed by atoms with Gasteiger partial charge in [-0.2, -0.15) is 14.8 Å². The number of aliphatic hydroxyl groups excluding tert-OH is 3. The van der Waals surface area contributed by atoms with Crippen molar-refractivity contribution >= 4 is 11.7 Å². The third kappa shape index (κ3) is 2.67. The zero-order valence-corrected chi connectivity index (χ0v) is 10.5. The summed E-state index contributed by atoms with van der Waals surface area (Å²) in [4.78, 5) is 26.1. The number of hydrogen-bond acceptors (Lipinski definition) is 8. The Hall–Kier alpha value is -1.88. The minimum Gasteiger partial charge on any atom is -0.394 e. The normalized spacial score (nSPS) is 29.4. The second kappa shape index (κ2) is 5.63. The van der Waals surface area contributed by atoms with Crippen LogP contribution in [-0.4, -0.2) is 60.9 Å². The van der Waals surface area contributed by atoms with Gasteiger partial charge in [0.1, 0.15) is 18.3 Å². The molecule has 10 nitrogen and oxygen atoms in total. The highest BCUT2D eigenvalue weighted by molar-refractivity contribution is 5.87. The SMILES string of the molecule is CC(=O)Nc1cnn([C@@H]2O[C@H](CO)[C@H](O)[C@@H]2O)c(=O)n1. The molecule has 4 atom stereocenters. The van der Waals surface area contributed by atoms with Crippen LogP contribution in [0.3, 0.4) is 0 Å². The van der Waals surface area contributed by atoms with E-state index in [2.05, 4.69) is 15.4 Å². The lowest BCUT2D eigenvalue weighted by Crippen LogP contribution is -2.37. The van der Waals surface area contributed by atoms with E-state index in [4.69, 9.17) is 9.84 Å². The van der Waals surface area contributed by atoms with Crippen molar-refractivity contribution in [2.24, 2.45) is 0 Å². The first-order valence-corrected chi connectivity index (χ1v) is 5.80. The van der Waals surface area contributed by atoms with Crippen LogP contribution in [-0.2, 0) is 9.53 Å². The zero-order chi connectivity index (χ0) is 14.9. The summed E-state index contributed by atoms with van der Waals surface area (Å²) in [5.74, 6) is -0.449. The second-order valence-corrected chi connectivity index (χ2v) is 4.28. The summed E-state index contributed by atoms with van der Waals surface area (Å²) in [5, 5.41) is 34.3. The average Bonchev–Trinajstić information content (AvgIpc) is 2.66. The van der Waals surface area contributed by atoms with Gasteiger partial charge in [0.15, 0.2) is 12.0 Å². The van der Waals surface area contributed by atoms with Gasteiger partial charge in [0.25, 0.3) is 0 Å². The second-order valence-electron chi connectivity index (χ2n) is 4.28. The van der Waals surface area contributed by atoms with E-state index in [1.807, 2.05) is 0 Å². The number of rotatable bonds is 3. The predicted octanol–water partition coefficient (Wildman–Crippen LogP) is -2.79. The third-order valence-corrected chi connectivity index (χ3v) is 2.78. The van der Waals surface area contributed by atoms with Crippen LogP contribution in [0.25, 0.3) is 0 Å². The number of carbonyl (C=O) groups excluding carboxylic acids is 1. The zero-order valence-electron chi connectivity index (χ0n) is 10.5. The van der Waals surface area contributed by atoms with Gasteiger partial charge in [-0.3, -0.25) is 4.79 Å². The van der Waals surface area contributed by atoms with Gasteiger partial charge in [0, 0.05) is 6.92 Å². The first-order valence-electron chi connectivity index (χ1n) is 5.80. The highest BCUT2D eigenvalue weighted by Gasteiger charge is 2.44. The average molecular weight is 286 g/mol. The number of anilines is 1. The molecule has 20 heavy (non-hydrogen) atoms. The molecule has 2 rings (SSSR count). The fourth-order valence-corrected chi connectivity index (χ4v) is 1.85. The molecule has 1 aliphatic rings. The number of carbonyl (C=O) groups is 1. The molecule has 0 aromatic carbocycles. The predicted molar refractivity (Wildman–Crippen MR) is 63.6 cm³/mol. The standard InChI is InChI=1S/C10H14N4O6/c1-4(16)12-6-2-11-14(10(19)13-6)9-8(18)7(17)5(3-15)20-9/h2,5,7-9,15,17-18H,3H2,1H3,(H,12,13,16,19)/t5-,7+,8+,9-/m1/s1. The summed E-state index contributed by atoms with van der Waals surface area (Å²) < 4.78 is 5.88. The van der Waals surface area contributed by atoms with Crippen LogP contribution < -0.4 is 11.0 Å². The van der Waals surface area contributed by atoms with Crippen LogP contribution in [0.4, 0.5) is 5.82 Å². The Balaban J connectivity index is 2.26. The minimum absolute atomic E-state index is 0.0366. The van der Waals surface area contributed by atoms with Crippen LogP contribution in [0.5, 0.6) is 0 Å². The van der Waals surface area contributed by atoms with Gasteiger partial charge < -0.3 is 25.4 Å². The van der Waals surface area contributed by atoms with Crippen molar-refractivity contribution in [2.45, 2.75) is 31.5 Å². The van der Waals surface area contributed by atoms with Crippen molar-refractivity contribution in [1.29, 1.82) is 0 Å². The molecule has 1 saturated heterocycles. The van der Waals surface area contributed by atoms with Crippen LogP contribution in [0.2, 0.25) is 0 Å². The first-order chi connectivity index (χ1) is 9.43. The Morgan fingerprint density at radius 2 is 2.20 bits per heavy atom. The molecule has 110 valence electrons. The molecule has 2 heterocycles. The van der Waals surface area contributed by atoms with Gasteiger partial charge in [0.05, 0.1) is 12.8 Å². The van der Waals surface area contributed by atoms with E-state index in [-0.39, 0.29) is 5.82 Å². The molecular weight excluding hydrogens is 272 g/mol. The molecule has 1 amide bonds. The summed E-state index contributed by atoms with van der Waals surface area (Å²) in [6.07, 6.45) is -3.93. The van der Waals surface area contributed by atoms with Crippen LogP contribution in [0.1, 0.15) is 13.2 Å². The molecule has 0 saturated carbocycles. The molecule has 0 bridgehead atoms. The summed E-state index contributed by atoms with van der Waals surface area (Å²) in [6.45, 7) is 0.736. The van der Waals surface area contributed by atoms with Crippen molar-refractivity contribution in [2.75, 3.05) is 11.9 Å². The largest absolute Gasteiger partial charge is 0.394 e. The number of amides is 1. The number of nitrogens with zero attached hydrogens (tertiary/aromatic N) is 3. The molecule has 1 fully saturated rings. The Morgan fingerprint density at radius 1 is 1.50 bits per heavy atom. The smallest absolute Gasteiger partial charge is 0.368 e. The molecule has 0 unspecified atom stereocenters. The fourth-order valence-electron chi connectivity index (χ4n) is 1.85. The molecule has 1 aliphatic heterocycles. The van der Waals surface area contributed by atoms with E-state index in [0.29, 0.717) is 0 Å². The molecule has 0 radical (unpaired) electrons. The Kier molecular flexibility index (Phi) is 4.09. The van der Waals surface area contributed by atoms with Crippen molar-refractivity contribution < 1.29 is 24.9 Å². The van der Waals surface area contributed by atoms with E-state index in [1.54, 1.807) is 0 Å². The molecule has 1 aromatic rings. The lowest BCUT2D eigenvalue weighted by molar-refractivity contribution is -0.114. The molecule has 10 heteroatoms. The fraction of sp³-hybridized carbons (Fsp3) is 0.600. The van der Waals surface area contributed by atoms with Crippen molar-refractivity contribution in [3.8, 4) is 0 Å². The summed E-state index contributed by atoms with van der Waals surface area (Å²) in [6, 6.07) is 0. The molecule has 0 spiro atoms. The molecule has 4 N–H and O–H groups in total. The van der Waals surface area contributed by atoms with Gasteiger partial charge >= 0.3 is 5.69 Å². The summed E-state index contributed by atoms with van der Waals surface area (Å²) >= 11 is 0. The number of aromatic nitrogens is 3. The first kappa shape index (κ1) is 14.5. The van der Waals surface area contributed by atoms with E-state index >= 15 is 0 Å². The van der Waals surface area contributed by atoms with Gasteiger partial charge in [-0.1, -0.05) is 0 Å². The summed E-state index contributed by atoms with van der Waals surface area (Å²) in [5.41, 5.74) is -0.869. The maximum atomic E-state index is 11.8. The number of nitrogens with one attached hydrogen (secondary N) is 1. The third-order valence-electron chi connectivity index (χ3n) is 2.78. The van der Waals surface area contributed by atoms with E-state index < -0.39 is 42.7 Å². The maximum Gasteiger partial charge on any atom is 0.368 e. The Labute approximate surface area is 112 Å². The molecule has 1 aromatic heterocycles. The van der Waals surface area contributed by atoms with E-state index in [9.17, 15) is 19.8 Å². The Bertz CT molecular complexity index is 561. The minimum atomic E-state index is -1.43. The van der Waals surface area contributed by atoms with E-state index in [1.165, 1.54) is 6.92 Å². The number of aliphatic hydroxyl groups is 3. The molecule has 0 aliphatic carbocycles. The Morgan fingerprint density at radius 3 is 2.70 bits per heavy atom. The van der Waals surface area contributed by atoms with Gasteiger partial charge in [-0.15, -0.1) is 0 Å². The highest BCUT2D eigenvalue weighted by atomic mass is 16.6.